The van der Waals surface area contributed by atoms with Crippen LogP contribution in [0.15, 0.2) is 60.9 Å². The molecule has 1 saturated carbocycles. The summed E-state index contributed by atoms with van der Waals surface area (Å²) in [5.41, 5.74) is 5.23. The van der Waals surface area contributed by atoms with Crippen LogP contribution in [-0.4, -0.2) is 37.2 Å². The van der Waals surface area contributed by atoms with Crippen LogP contribution in [0.2, 0.25) is 5.02 Å². The van der Waals surface area contributed by atoms with Gasteiger partial charge < -0.3 is 10.4 Å². The van der Waals surface area contributed by atoms with Gasteiger partial charge in [0.25, 0.3) is 0 Å². The number of aryl methyl sites for hydroxylation is 1. The SMILES string of the molecule is Cc1ccc(C2CC23C(=O)Nc2cc(Cl)c(-c4ccc(-n5cnnn5)cc4)cc23)cc1C(=O)O. The van der Waals surface area contributed by atoms with Crippen LogP contribution >= 0.6 is 11.6 Å². The van der Waals surface area contributed by atoms with Gasteiger partial charge in [0.05, 0.1) is 21.7 Å². The van der Waals surface area contributed by atoms with Crippen molar-refractivity contribution < 1.29 is 14.7 Å². The number of aromatic carboxylic acids is 1. The van der Waals surface area contributed by atoms with Gasteiger partial charge in [-0.05, 0) is 76.4 Å². The van der Waals surface area contributed by atoms with Gasteiger partial charge in [-0.3, -0.25) is 4.79 Å². The number of hydrogen-bond donors (Lipinski definition) is 2. The first-order valence-corrected chi connectivity index (χ1v) is 11.1. The topological polar surface area (TPSA) is 110 Å². The third-order valence-corrected chi connectivity index (χ3v) is 7.20. The molecule has 0 radical (unpaired) electrons. The number of halogens is 1. The molecule has 2 unspecified atom stereocenters. The Hall–Kier alpha value is -4.04. The summed E-state index contributed by atoms with van der Waals surface area (Å²) in [5, 5.41) is 24.2. The van der Waals surface area contributed by atoms with E-state index in [0.717, 1.165) is 27.9 Å². The van der Waals surface area contributed by atoms with Crippen LogP contribution in [0.4, 0.5) is 5.69 Å². The standard InChI is InChI=1S/C25H18ClN5O3/c1-13-2-3-15(8-17(13)23(32)33)20-11-25(20)19-9-18(21(26)10-22(19)28-24(25)34)14-4-6-16(7-5-14)31-12-27-29-30-31/h2-10,12,20H,11H2,1H3,(H,28,34)(H,32,33). The molecule has 3 aromatic carbocycles. The lowest BCUT2D eigenvalue weighted by Crippen LogP contribution is -2.21. The number of carbonyl (C=O) groups is 2. The molecule has 1 aliphatic heterocycles. The fourth-order valence-corrected chi connectivity index (χ4v) is 5.27. The number of carboxylic acid groups (broad SMARTS) is 1. The molecule has 34 heavy (non-hydrogen) atoms. The highest BCUT2D eigenvalue weighted by molar-refractivity contribution is 6.34. The normalized spacial score (nSPS) is 20.3. The number of nitrogens with one attached hydrogen (secondary N) is 1. The minimum absolute atomic E-state index is 0.0767. The zero-order chi connectivity index (χ0) is 23.6. The molecule has 6 rings (SSSR count). The van der Waals surface area contributed by atoms with Gasteiger partial charge in [-0.25, -0.2) is 9.48 Å². The Balaban J connectivity index is 1.39. The minimum atomic E-state index is -0.968. The van der Waals surface area contributed by atoms with E-state index in [-0.39, 0.29) is 17.4 Å². The van der Waals surface area contributed by atoms with Crippen molar-refractivity contribution in [3.63, 3.8) is 0 Å². The van der Waals surface area contributed by atoms with Crippen molar-refractivity contribution in [2.24, 2.45) is 0 Å². The number of fused-ring (bicyclic) bond motifs is 2. The maximum Gasteiger partial charge on any atom is 0.335 e. The molecule has 8 nitrogen and oxygen atoms in total. The summed E-state index contributed by atoms with van der Waals surface area (Å²) >= 11 is 6.62. The summed E-state index contributed by atoms with van der Waals surface area (Å²) < 4.78 is 1.56. The number of rotatable bonds is 4. The van der Waals surface area contributed by atoms with Crippen LogP contribution in [0.25, 0.3) is 16.8 Å². The fraction of sp³-hybridized carbons (Fsp3) is 0.160. The van der Waals surface area contributed by atoms with E-state index in [0.29, 0.717) is 22.7 Å². The first kappa shape index (κ1) is 20.6. The molecular weight excluding hydrogens is 454 g/mol. The van der Waals surface area contributed by atoms with Gasteiger partial charge in [0, 0.05) is 17.2 Å². The zero-order valence-corrected chi connectivity index (χ0v) is 18.7. The number of carbonyl (C=O) groups excluding carboxylic acids is 1. The van der Waals surface area contributed by atoms with Crippen molar-refractivity contribution >= 4 is 29.2 Å². The second-order valence-corrected chi connectivity index (χ2v) is 9.15. The van der Waals surface area contributed by atoms with E-state index in [2.05, 4.69) is 20.8 Å². The molecular formula is C25H18ClN5O3. The van der Waals surface area contributed by atoms with E-state index in [1.165, 1.54) is 6.33 Å². The smallest absolute Gasteiger partial charge is 0.335 e. The van der Waals surface area contributed by atoms with E-state index >= 15 is 0 Å². The van der Waals surface area contributed by atoms with Gasteiger partial charge in [0.1, 0.15) is 6.33 Å². The summed E-state index contributed by atoms with van der Waals surface area (Å²) in [5.74, 6) is -1.14. The van der Waals surface area contributed by atoms with Crippen LogP contribution < -0.4 is 5.32 Å². The Morgan fingerprint density at radius 1 is 1.18 bits per heavy atom. The van der Waals surface area contributed by atoms with Crippen LogP contribution in [0.3, 0.4) is 0 Å². The van der Waals surface area contributed by atoms with Crippen LogP contribution in [0, 0.1) is 6.92 Å². The van der Waals surface area contributed by atoms with E-state index in [1.807, 2.05) is 36.4 Å². The highest BCUT2D eigenvalue weighted by atomic mass is 35.5. The first-order chi connectivity index (χ1) is 16.4. The van der Waals surface area contributed by atoms with Crippen LogP contribution in [-0.2, 0) is 10.2 Å². The summed E-state index contributed by atoms with van der Waals surface area (Å²) in [6.07, 6.45) is 2.14. The van der Waals surface area contributed by atoms with Crippen molar-refractivity contribution in [3.8, 4) is 16.8 Å². The number of tetrazole rings is 1. The summed E-state index contributed by atoms with van der Waals surface area (Å²) in [6.45, 7) is 1.77. The molecule has 1 fully saturated rings. The third-order valence-electron chi connectivity index (χ3n) is 6.89. The molecule has 0 bridgehead atoms. The zero-order valence-electron chi connectivity index (χ0n) is 18.0. The Morgan fingerprint density at radius 2 is 1.97 bits per heavy atom. The molecule has 2 atom stereocenters. The van der Waals surface area contributed by atoms with Gasteiger partial charge >= 0.3 is 5.97 Å². The molecule has 168 valence electrons. The van der Waals surface area contributed by atoms with Gasteiger partial charge in [0.2, 0.25) is 5.91 Å². The number of amides is 1. The summed E-state index contributed by atoms with van der Waals surface area (Å²) in [4.78, 5) is 24.8. The molecule has 2 heterocycles. The Bertz CT molecular complexity index is 1480. The second-order valence-electron chi connectivity index (χ2n) is 8.74. The number of aromatic nitrogens is 4. The number of nitrogens with zero attached hydrogens (tertiary/aromatic N) is 4. The van der Waals surface area contributed by atoms with E-state index < -0.39 is 11.4 Å². The number of hydrogen-bond acceptors (Lipinski definition) is 5. The Morgan fingerprint density at radius 3 is 2.68 bits per heavy atom. The molecule has 1 aliphatic carbocycles. The molecule has 1 aromatic heterocycles. The Kier molecular flexibility index (Phi) is 4.37. The predicted molar refractivity (Wildman–Crippen MR) is 125 cm³/mol. The van der Waals surface area contributed by atoms with Gasteiger partial charge in [-0.2, -0.15) is 0 Å². The van der Waals surface area contributed by atoms with Crippen molar-refractivity contribution in [1.82, 2.24) is 20.2 Å². The highest BCUT2D eigenvalue weighted by Gasteiger charge is 2.65. The number of anilines is 1. The molecule has 1 amide bonds. The average Bonchev–Trinajstić information content (AvgIpc) is 3.21. The van der Waals surface area contributed by atoms with Gasteiger partial charge in [-0.15, -0.1) is 5.10 Å². The van der Waals surface area contributed by atoms with Crippen molar-refractivity contribution in [2.75, 3.05) is 5.32 Å². The lowest BCUT2D eigenvalue weighted by atomic mass is 9.89. The van der Waals surface area contributed by atoms with Crippen molar-refractivity contribution in [2.45, 2.75) is 24.7 Å². The van der Waals surface area contributed by atoms with Crippen molar-refractivity contribution in [3.05, 3.63) is 88.2 Å². The fourth-order valence-electron chi connectivity index (χ4n) is 5.00. The molecule has 9 heteroatoms. The molecule has 1 spiro atoms. The number of benzene rings is 3. The molecule has 2 N–H and O–H groups in total. The average molecular weight is 472 g/mol. The minimum Gasteiger partial charge on any atom is -0.478 e. The van der Waals surface area contributed by atoms with Gasteiger partial charge in [-0.1, -0.05) is 35.9 Å². The predicted octanol–water partition coefficient (Wildman–Crippen LogP) is 4.37. The van der Waals surface area contributed by atoms with Crippen LogP contribution in [0.5, 0.6) is 0 Å². The highest BCUT2D eigenvalue weighted by Crippen LogP contribution is 2.65. The molecule has 0 saturated heterocycles. The van der Waals surface area contributed by atoms with E-state index in [9.17, 15) is 14.7 Å². The van der Waals surface area contributed by atoms with Gasteiger partial charge in [0.15, 0.2) is 0 Å². The third kappa shape index (κ3) is 2.95. The molecule has 4 aromatic rings. The van der Waals surface area contributed by atoms with E-state index in [1.54, 1.807) is 29.8 Å². The second kappa shape index (κ2) is 7.23. The quantitative estimate of drug-likeness (QED) is 0.457. The maximum absolute atomic E-state index is 13.1. The summed E-state index contributed by atoms with van der Waals surface area (Å²) in [7, 11) is 0. The first-order valence-electron chi connectivity index (χ1n) is 10.7. The number of carboxylic acids is 1. The summed E-state index contributed by atoms with van der Waals surface area (Å²) in [6, 6.07) is 16.9. The molecule has 2 aliphatic rings. The largest absolute Gasteiger partial charge is 0.478 e. The monoisotopic (exact) mass is 471 g/mol. The lowest BCUT2D eigenvalue weighted by molar-refractivity contribution is -0.118. The maximum atomic E-state index is 13.1. The van der Waals surface area contributed by atoms with E-state index in [4.69, 9.17) is 11.6 Å². The van der Waals surface area contributed by atoms with Crippen molar-refractivity contribution in [1.29, 1.82) is 0 Å². The Labute approximate surface area is 199 Å². The van der Waals surface area contributed by atoms with Crippen LogP contribution in [0.1, 0.15) is 39.4 Å². The lowest BCUT2D eigenvalue weighted by Gasteiger charge is -2.13.